The fourth-order valence-electron chi connectivity index (χ4n) is 1.96. The van der Waals surface area contributed by atoms with Crippen LogP contribution < -0.4 is 10.1 Å². The average Bonchev–Trinajstić information content (AvgIpc) is 2.39. The van der Waals surface area contributed by atoms with E-state index in [1.54, 1.807) is 13.2 Å². The lowest BCUT2D eigenvalue weighted by molar-refractivity contribution is 0.102. The van der Waals surface area contributed by atoms with Gasteiger partial charge in [-0.1, -0.05) is 22.0 Å². The first-order chi connectivity index (χ1) is 9.49. The van der Waals surface area contributed by atoms with Gasteiger partial charge in [0, 0.05) is 10.0 Å². The number of anilines is 1. The van der Waals surface area contributed by atoms with Gasteiger partial charge in [-0.3, -0.25) is 4.79 Å². The Hall–Kier alpha value is -1.81. The van der Waals surface area contributed by atoms with Crippen LogP contribution in [-0.2, 0) is 0 Å². The van der Waals surface area contributed by atoms with Gasteiger partial charge in [0.1, 0.15) is 5.75 Å². The molecule has 0 saturated heterocycles. The minimum Gasteiger partial charge on any atom is -0.495 e. The maximum Gasteiger partial charge on any atom is 0.255 e. The molecule has 3 nitrogen and oxygen atoms in total. The van der Waals surface area contributed by atoms with Crippen LogP contribution in [0.2, 0.25) is 0 Å². The summed E-state index contributed by atoms with van der Waals surface area (Å²) in [6.07, 6.45) is 0. The molecule has 0 saturated carbocycles. The van der Waals surface area contributed by atoms with Crippen molar-refractivity contribution in [2.45, 2.75) is 13.8 Å². The van der Waals surface area contributed by atoms with Gasteiger partial charge in [-0.25, -0.2) is 0 Å². The minimum atomic E-state index is -0.156. The summed E-state index contributed by atoms with van der Waals surface area (Å²) in [7, 11) is 1.59. The molecule has 0 aliphatic rings. The number of hydrogen-bond acceptors (Lipinski definition) is 2. The van der Waals surface area contributed by atoms with Crippen molar-refractivity contribution in [1.82, 2.24) is 0 Å². The second-order valence-corrected chi connectivity index (χ2v) is 5.59. The quantitative estimate of drug-likeness (QED) is 0.907. The molecule has 0 fully saturated rings. The molecule has 0 aliphatic carbocycles. The molecule has 0 spiro atoms. The summed E-state index contributed by atoms with van der Waals surface area (Å²) in [5, 5.41) is 2.87. The number of halogens is 1. The lowest BCUT2D eigenvalue weighted by atomic mass is 10.1. The van der Waals surface area contributed by atoms with Crippen LogP contribution in [0.15, 0.2) is 40.9 Å². The fraction of sp³-hybridized carbons (Fsp3) is 0.188. The molecule has 2 aromatic carbocycles. The van der Waals surface area contributed by atoms with Crippen molar-refractivity contribution in [1.29, 1.82) is 0 Å². The highest BCUT2D eigenvalue weighted by molar-refractivity contribution is 9.10. The van der Waals surface area contributed by atoms with Gasteiger partial charge in [-0.15, -0.1) is 0 Å². The zero-order valence-corrected chi connectivity index (χ0v) is 13.2. The Labute approximate surface area is 127 Å². The maximum atomic E-state index is 12.3. The number of amides is 1. The summed E-state index contributed by atoms with van der Waals surface area (Å²) in [5.41, 5.74) is 3.39. The van der Waals surface area contributed by atoms with E-state index in [1.165, 1.54) is 0 Å². The molecule has 0 bridgehead atoms. The molecule has 2 aromatic rings. The van der Waals surface area contributed by atoms with Crippen molar-refractivity contribution < 1.29 is 9.53 Å². The highest BCUT2D eigenvalue weighted by atomic mass is 79.9. The molecular formula is C16H16BrNO2. The second-order valence-electron chi connectivity index (χ2n) is 4.68. The third-order valence-corrected chi connectivity index (χ3v) is 3.37. The van der Waals surface area contributed by atoms with E-state index in [0.717, 1.165) is 15.6 Å². The largest absolute Gasteiger partial charge is 0.495 e. The molecule has 2 rings (SSSR count). The van der Waals surface area contributed by atoms with Crippen molar-refractivity contribution in [3.63, 3.8) is 0 Å². The zero-order valence-electron chi connectivity index (χ0n) is 11.7. The summed E-state index contributed by atoms with van der Waals surface area (Å²) in [6, 6.07) is 11.3. The Balaban J connectivity index is 2.27. The third kappa shape index (κ3) is 3.39. The smallest absolute Gasteiger partial charge is 0.255 e. The Bertz CT molecular complexity index is 633. The number of hydrogen-bond donors (Lipinski definition) is 1. The van der Waals surface area contributed by atoms with Gasteiger partial charge in [0.2, 0.25) is 0 Å². The Kier molecular flexibility index (Phi) is 4.45. The molecule has 1 N–H and O–H groups in total. The number of carbonyl (C=O) groups is 1. The van der Waals surface area contributed by atoms with E-state index in [2.05, 4.69) is 21.2 Å². The van der Waals surface area contributed by atoms with E-state index in [1.807, 2.05) is 44.2 Å². The number of aryl methyl sites for hydroxylation is 2. The van der Waals surface area contributed by atoms with E-state index in [9.17, 15) is 4.79 Å². The fourth-order valence-corrected chi connectivity index (χ4v) is 2.57. The van der Waals surface area contributed by atoms with Crippen molar-refractivity contribution >= 4 is 27.5 Å². The van der Waals surface area contributed by atoms with E-state index in [0.29, 0.717) is 17.0 Å². The summed E-state index contributed by atoms with van der Waals surface area (Å²) in [4.78, 5) is 12.3. The predicted octanol–water partition coefficient (Wildman–Crippen LogP) is 4.33. The third-order valence-electron chi connectivity index (χ3n) is 2.91. The Morgan fingerprint density at radius 2 is 1.85 bits per heavy atom. The van der Waals surface area contributed by atoms with E-state index in [-0.39, 0.29) is 5.91 Å². The van der Waals surface area contributed by atoms with Crippen molar-refractivity contribution in [3.8, 4) is 5.75 Å². The Morgan fingerprint density at radius 3 is 2.50 bits per heavy atom. The van der Waals surface area contributed by atoms with Gasteiger partial charge in [-0.2, -0.15) is 0 Å². The van der Waals surface area contributed by atoms with Gasteiger partial charge in [-0.05, 0) is 55.3 Å². The lowest BCUT2D eigenvalue weighted by Gasteiger charge is -2.11. The molecule has 1 amide bonds. The number of benzene rings is 2. The molecule has 0 aliphatic heterocycles. The van der Waals surface area contributed by atoms with Gasteiger partial charge in [0.25, 0.3) is 5.91 Å². The number of ether oxygens (including phenoxy) is 1. The molecule has 4 heteroatoms. The van der Waals surface area contributed by atoms with Crippen LogP contribution in [0.3, 0.4) is 0 Å². The molecule has 0 radical (unpaired) electrons. The van der Waals surface area contributed by atoms with Crippen LogP contribution in [0.1, 0.15) is 21.5 Å². The molecule has 104 valence electrons. The first kappa shape index (κ1) is 14.6. The monoisotopic (exact) mass is 333 g/mol. The van der Waals surface area contributed by atoms with E-state index in [4.69, 9.17) is 4.74 Å². The maximum absolute atomic E-state index is 12.3. The van der Waals surface area contributed by atoms with Crippen LogP contribution in [0.25, 0.3) is 0 Å². The summed E-state index contributed by atoms with van der Waals surface area (Å²) < 4.78 is 6.17. The van der Waals surface area contributed by atoms with Gasteiger partial charge in [0.15, 0.2) is 0 Å². The van der Waals surface area contributed by atoms with Gasteiger partial charge < -0.3 is 10.1 Å². The minimum absolute atomic E-state index is 0.156. The molecule has 0 aromatic heterocycles. The highest BCUT2D eigenvalue weighted by Gasteiger charge is 2.10. The van der Waals surface area contributed by atoms with Crippen LogP contribution in [0.4, 0.5) is 5.69 Å². The number of rotatable bonds is 3. The standard InChI is InChI=1S/C16H16BrNO2/c1-10-4-5-14(15(8-10)20-3)18-16(19)12-6-11(2)7-13(17)9-12/h4-9H,1-3H3,(H,18,19). The SMILES string of the molecule is COc1cc(C)ccc1NC(=O)c1cc(C)cc(Br)c1. The number of carbonyl (C=O) groups excluding carboxylic acids is 1. The number of methoxy groups -OCH3 is 1. The van der Waals surface area contributed by atoms with Crippen LogP contribution in [0.5, 0.6) is 5.75 Å². The zero-order chi connectivity index (χ0) is 14.7. The number of nitrogens with one attached hydrogen (secondary N) is 1. The molecule has 0 unspecified atom stereocenters. The summed E-state index contributed by atoms with van der Waals surface area (Å²) >= 11 is 3.40. The molecule has 20 heavy (non-hydrogen) atoms. The summed E-state index contributed by atoms with van der Waals surface area (Å²) in [5.74, 6) is 0.502. The van der Waals surface area contributed by atoms with E-state index >= 15 is 0 Å². The molecule has 0 atom stereocenters. The first-order valence-electron chi connectivity index (χ1n) is 6.23. The van der Waals surface area contributed by atoms with E-state index < -0.39 is 0 Å². The highest BCUT2D eigenvalue weighted by Crippen LogP contribution is 2.26. The second kappa shape index (κ2) is 6.09. The van der Waals surface area contributed by atoms with Crippen molar-refractivity contribution in [2.24, 2.45) is 0 Å². The summed E-state index contributed by atoms with van der Waals surface area (Å²) in [6.45, 7) is 3.93. The molecule has 0 heterocycles. The van der Waals surface area contributed by atoms with Crippen molar-refractivity contribution in [2.75, 3.05) is 12.4 Å². The first-order valence-corrected chi connectivity index (χ1v) is 7.02. The normalized spacial score (nSPS) is 10.2. The topological polar surface area (TPSA) is 38.3 Å². The predicted molar refractivity (Wildman–Crippen MR) is 84.6 cm³/mol. The average molecular weight is 334 g/mol. The van der Waals surface area contributed by atoms with Crippen LogP contribution >= 0.6 is 15.9 Å². The van der Waals surface area contributed by atoms with Gasteiger partial charge in [0.05, 0.1) is 12.8 Å². The molecular weight excluding hydrogens is 318 g/mol. The van der Waals surface area contributed by atoms with Crippen LogP contribution in [-0.4, -0.2) is 13.0 Å². The Morgan fingerprint density at radius 1 is 1.10 bits per heavy atom. The lowest BCUT2D eigenvalue weighted by Crippen LogP contribution is -2.13. The van der Waals surface area contributed by atoms with Crippen molar-refractivity contribution in [3.05, 3.63) is 57.6 Å². The van der Waals surface area contributed by atoms with Gasteiger partial charge >= 0.3 is 0 Å². The van der Waals surface area contributed by atoms with Crippen LogP contribution in [0, 0.1) is 13.8 Å².